The number of carbonyl (C=O) groups is 2. The molecule has 0 aliphatic carbocycles. The molecule has 2 rings (SSSR count). The fraction of sp³-hybridized carbons (Fsp3) is 0.222. The van der Waals surface area contributed by atoms with Crippen LogP contribution < -0.4 is 15.4 Å². The lowest BCUT2D eigenvalue weighted by Crippen LogP contribution is -2.16. The lowest BCUT2D eigenvalue weighted by molar-refractivity contribution is -0.116. The Morgan fingerprint density at radius 2 is 1.83 bits per heavy atom. The molecule has 0 radical (unpaired) electrons. The van der Waals surface area contributed by atoms with Gasteiger partial charge < -0.3 is 15.4 Å². The van der Waals surface area contributed by atoms with Gasteiger partial charge in [-0.1, -0.05) is 24.3 Å². The predicted molar refractivity (Wildman–Crippen MR) is 90.8 cm³/mol. The van der Waals surface area contributed by atoms with Crippen molar-refractivity contribution in [3.05, 3.63) is 53.6 Å². The van der Waals surface area contributed by atoms with E-state index < -0.39 is 0 Å². The number of carbonyl (C=O) groups excluding carboxylic acids is 2. The smallest absolute Gasteiger partial charge is 0.228 e. The number of anilines is 2. The highest BCUT2D eigenvalue weighted by Crippen LogP contribution is 2.28. The zero-order chi connectivity index (χ0) is 16.8. The van der Waals surface area contributed by atoms with Crippen LogP contribution in [0.2, 0.25) is 0 Å². The molecule has 2 amide bonds. The molecule has 0 fully saturated rings. The molecule has 23 heavy (non-hydrogen) atoms. The molecule has 0 unspecified atom stereocenters. The highest BCUT2D eigenvalue weighted by atomic mass is 16.5. The molecule has 0 saturated carbocycles. The van der Waals surface area contributed by atoms with Crippen LogP contribution >= 0.6 is 0 Å². The van der Waals surface area contributed by atoms with Gasteiger partial charge in [0.2, 0.25) is 11.8 Å². The van der Waals surface area contributed by atoms with E-state index in [4.69, 9.17) is 4.74 Å². The average molecular weight is 312 g/mol. The summed E-state index contributed by atoms with van der Waals surface area (Å²) in [6.07, 6.45) is 0.278. The average Bonchev–Trinajstić information content (AvgIpc) is 2.49. The first-order valence-electron chi connectivity index (χ1n) is 7.29. The van der Waals surface area contributed by atoms with Crippen molar-refractivity contribution in [2.24, 2.45) is 0 Å². The standard InChI is InChI=1S/C18H20N2O3/c1-12-6-4-5-7-14(12)10-18(22)20-16-11-15(19-13(2)21)8-9-17(16)23-3/h4-9,11H,10H2,1-3H3,(H,19,21)(H,20,22). The van der Waals surface area contributed by atoms with Crippen LogP contribution in [0.1, 0.15) is 18.1 Å². The van der Waals surface area contributed by atoms with Crippen molar-refractivity contribution in [3.8, 4) is 5.75 Å². The minimum atomic E-state index is -0.174. The van der Waals surface area contributed by atoms with Crippen molar-refractivity contribution < 1.29 is 14.3 Å². The van der Waals surface area contributed by atoms with E-state index in [1.165, 1.54) is 14.0 Å². The maximum atomic E-state index is 12.3. The Morgan fingerprint density at radius 3 is 2.48 bits per heavy atom. The van der Waals surface area contributed by atoms with E-state index in [1.807, 2.05) is 31.2 Å². The Kier molecular flexibility index (Phi) is 5.36. The van der Waals surface area contributed by atoms with Gasteiger partial charge in [-0.05, 0) is 36.2 Å². The van der Waals surface area contributed by atoms with Gasteiger partial charge in [-0.25, -0.2) is 0 Å². The number of rotatable bonds is 5. The van der Waals surface area contributed by atoms with Crippen LogP contribution in [0.5, 0.6) is 5.75 Å². The summed E-state index contributed by atoms with van der Waals surface area (Å²) in [7, 11) is 1.53. The van der Waals surface area contributed by atoms with Crippen LogP contribution in [0.15, 0.2) is 42.5 Å². The molecule has 0 aliphatic heterocycles. The first kappa shape index (κ1) is 16.5. The summed E-state index contributed by atoms with van der Waals surface area (Å²) >= 11 is 0. The first-order valence-corrected chi connectivity index (χ1v) is 7.29. The highest BCUT2D eigenvalue weighted by molar-refractivity contribution is 5.96. The van der Waals surface area contributed by atoms with Crippen LogP contribution in [0.3, 0.4) is 0 Å². The van der Waals surface area contributed by atoms with Crippen LogP contribution in [0.4, 0.5) is 11.4 Å². The molecule has 120 valence electrons. The van der Waals surface area contributed by atoms with Gasteiger partial charge in [0.05, 0.1) is 19.2 Å². The summed E-state index contributed by atoms with van der Waals surface area (Å²) in [6.45, 7) is 3.40. The van der Waals surface area contributed by atoms with Crippen molar-refractivity contribution in [1.29, 1.82) is 0 Å². The van der Waals surface area contributed by atoms with E-state index in [0.717, 1.165) is 11.1 Å². The second-order valence-corrected chi connectivity index (χ2v) is 5.25. The normalized spacial score (nSPS) is 10.0. The number of amides is 2. The zero-order valence-electron chi connectivity index (χ0n) is 13.5. The van der Waals surface area contributed by atoms with E-state index in [-0.39, 0.29) is 18.2 Å². The van der Waals surface area contributed by atoms with Crippen LogP contribution in [0.25, 0.3) is 0 Å². The van der Waals surface area contributed by atoms with Gasteiger partial charge >= 0.3 is 0 Å². The molecule has 0 spiro atoms. The maximum absolute atomic E-state index is 12.3. The van der Waals surface area contributed by atoms with E-state index in [0.29, 0.717) is 17.1 Å². The number of ether oxygens (including phenoxy) is 1. The van der Waals surface area contributed by atoms with Crippen molar-refractivity contribution in [3.63, 3.8) is 0 Å². The molecule has 0 bridgehead atoms. The molecular formula is C18H20N2O3. The fourth-order valence-electron chi connectivity index (χ4n) is 2.26. The molecule has 2 aromatic carbocycles. The topological polar surface area (TPSA) is 67.4 Å². The molecule has 0 saturated heterocycles. The second-order valence-electron chi connectivity index (χ2n) is 5.25. The highest BCUT2D eigenvalue weighted by Gasteiger charge is 2.11. The Morgan fingerprint density at radius 1 is 1.09 bits per heavy atom. The molecule has 0 atom stereocenters. The largest absolute Gasteiger partial charge is 0.495 e. The molecule has 0 aromatic heterocycles. The van der Waals surface area contributed by atoms with Crippen molar-refractivity contribution >= 4 is 23.2 Å². The molecule has 0 heterocycles. The molecule has 5 nitrogen and oxygen atoms in total. The van der Waals surface area contributed by atoms with Crippen molar-refractivity contribution in [1.82, 2.24) is 0 Å². The third-order valence-electron chi connectivity index (χ3n) is 3.41. The minimum Gasteiger partial charge on any atom is -0.495 e. The van der Waals surface area contributed by atoms with Crippen molar-refractivity contribution in [2.45, 2.75) is 20.3 Å². The van der Waals surface area contributed by atoms with Gasteiger partial charge in [-0.3, -0.25) is 9.59 Å². The van der Waals surface area contributed by atoms with E-state index >= 15 is 0 Å². The SMILES string of the molecule is COc1ccc(NC(C)=O)cc1NC(=O)Cc1ccccc1C. The van der Waals surface area contributed by atoms with Gasteiger partial charge in [-0.15, -0.1) is 0 Å². The molecule has 2 aromatic rings. The molecule has 5 heteroatoms. The number of nitrogens with one attached hydrogen (secondary N) is 2. The Bertz CT molecular complexity index is 726. The molecule has 0 aliphatic rings. The Hall–Kier alpha value is -2.82. The van der Waals surface area contributed by atoms with Gasteiger partial charge in [0.15, 0.2) is 0 Å². The van der Waals surface area contributed by atoms with Gasteiger partial charge in [0.1, 0.15) is 5.75 Å². The third kappa shape index (κ3) is 4.57. The Labute approximate surface area is 135 Å². The lowest BCUT2D eigenvalue weighted by Gasteiger charge is -2.13. The molecular weight excluding hydrogens is 292 g/mol. The van der Waals surface area contributed by atoms with E-state index in [2.05, 4.69) is 10.6 Å². The van der Waals surface area contributed by atoms with Crippen LogP contribution in [-0.4, -0.2) is 18.9 Å². The quantitative estimate of drug-likeness (QED) is 0.891. The maximum Gasteiger partial charge on any atom is 0.228 e. The third-order valence-corrected chi connectivity index (χ3v) is 3.41. The predicted octanol–water partition coefficient (Wildman–Crippen LogP) is 3.14. The number of methoxy groups -OCH3 is 1. The second kappa shape index (κ2) is 7.45. The van der Waals surface area contributed by atoms with E-state index in [9.17, 15) is 9.59 Å². The monoisotopic (exact) mass is 312 g/mol. The summed E-state index contributed by atoms with van der Waals surface area (Å²) in [6, 6.07) is 12.9. The number of aryl methyl sites for hydroxylation is 1. The van der Waals surface area contributed by atoms with Crippen molar-refractivity contribution in [2.75, 3.05) is 17.7 Å². The first-order chi connectivity index (χ1) is 11.0. The van der Waals surface area contributed by atoms with Crippen LogP contribution in [-0.2, 0) is 16.0 Å². The summed E-state index contributed by atoms with van der Waals surface area (Å²) in [4.78, 5) is 23.4. The zero-order valence-corrected chi connectivity index (χ0v) is 13.5. The Balaban J connectivity index is 2.15. The van der Waals surface area contributed by atoms with Gasteiger partial charge in [0, 0.05) is 12.6 Å². The number of hydrogen-bond acceptors (Lipinski definition) is 3. The minimum absolute atomic E-state index is 0.141. The summed E-state index contributed by atoms with van der Waals surface area (Å²) in [5.41, 5.74) is 3.17. The van der Waals surface area contributed by atoms with Gasteiger partial charge in [-0.2, -0.15) is 0 Å². The summed E-state index contributed by atoms with van der Waals surface area (Å²) in [5.74, 6) is 0.224. The molecule has 2 N–H and O–H groups in total. The van der Waals surface area contributed by atoms with Gasteiger partial charge in [0.25, 0.3) is 0 Å². The lowest BCUT2D eigenvalue weighted by atomic mass is 10.1. The fourth-order valence-corrected chi connectivity index (χ4v) is 2.26. The summed E-state index contributed by atoms with van der Waals surface area (Å²) < 4.78 is 5.25. The van der Waals surface area contributed by atoms with E-state index in [1.54, 1.807) is 18.2 Å². The number of benzene rings is 2. The summed E-state index contributed by atoms with van der Waals surface area (Å²) in [5, 5.41) is 5.52. The van der Waals surface area contributed by atoms with Crippen LogP contribution in [0, 0.1) is 6.92 Å². The number of hydrogen-bond donors (Lipinski definition) is 2.